The van der Waals surface area contributed by atoms with Crippen LogP contribution in [0.1, 0.15) is 75.6 Å². The van der Waals surface area contributed by atoms with Crippen molar-refractivity contribution in [3.05, 3.63) is 28.0 Å². The first-order chi connectivity index (χ1) is 14.5. The topological polar surface area (TPSA) is 75.9 Å². The molecular weight excluding hydrogens is 499 g/mol. The van der Waals surface area contributed by atoms with Crippen LogP contribution in [0.4, 0.5) is 5.82 Å². The second-order valence-electron chi connectivity index (χ2n) is 8.52. The zero-order chi connectivity index (χ0) is 22.0. The van der Waals surface area contributed by atoms with E-state index in [2.05, 4.69) is 40.8 Å². The molecule has 2 aromatic heterocycles. The van der Waals surface area contributed by atoms with E-state index in [1.54, 1.807) is 3.71 Å². The van der Waals surface area contributed by atoms with Crippen molar-refractivity contribution in [2.45, 2.75) is 92.5 Å². The van der Waals surface area contributed by atoms with Gasteiger partial charge in [0.15, 0.2) is 0 Å². The predicted octanol–water partition coefficient (Wildman–Crippen LogP) is 4.36. The van der Waals surface area contributed by atoms with E-state index in [1.165, 1.54) is 56.7 Å². The molecule has 7 heteroatoms. The summed E-state index contributed by atoms with van der Waals surface area (Å²) in [5.74, 6) is 1.31. The van der Waals surface area contributed by atoms with Gasteiger partial charge in [0.25, 0.3) is 0 Å². The van der Waals surface area contributed by atoms with E-state index in [0.717, 1.165) is 24.4 Å². The van der Waals surface area contributed by atoms with Crippen molar-refractivity contribution in [2.75, 3.05) is 12.3 Å². The number of hydrogen-bond acceptors (Lipinski definition) is 5. The van der Waals surface area contributed by atoms with Gasteiger partial charge < -0.3 is 0 Å². The number of nitrogens with two attached hydrogens (primary N) is 1. The SMILES string of the molecule is CCC[CH2][Sn]([CH2]CCC)([CH2]CCC)[c]1c(CCO)sc[n+]1Cc1cnc(C)nc1N. The molecule has 0 aliphatic rings. The van der Waals surface area contributed by atoms with Crippen LogP contribution in [0.5, 0.6) is 0 Å². The quantitative estimate of drug-likeness (QED) is 0.276. The Balaban J connectivity index is 2.56. The summed E-state index contributed by atoms with van der Waals surface area (Å²) in [7, 11) is 0. The Labute approximate surface area is 191 Å². The van der Waals surface area contributed by atoms with Crippen LogP contribution in [0.25, 0.3) is 0 Å². The van der Waals surface area contributed by atoms with Crippen molar-refractivity contribution < 1.29 is 9.67 Å². The van der Waals surface area contributed by atoms with Gasteiger partial charge in [-0.25, -0.2) is 0 Å². The number of nitrogens with zero attached hydrogens (tertiary/aromatic N) is 3. The van der Waals surface area contributed by atoms with Gasteiger partial charge >= 0.3 is 192 Å². The number of unbranched alkanes of at least 4 members (excludes halogenated alkanes) is 3. The number of aromatic nitrogens is 3. The summed E-state index contributed by atoms with van der Waals surface area (Å²) in [5, 5.41) is 9.79. The van der Waals surface area contributed by atoms with Gasteiger partial charge in [-0.3, -0.25) is 0 Å². The average molecular weight is 540 g/mol. The van der Waals surface area contributed by atoms with Crippen LogP contribution in [-0.2, 0) is 13.0 Å². The fourth-order valence-corrected chi connectivity index (χ4v) is 24.8. The summed E-state index contributed by atoms with van der Waals surface area (Å²) in [6, 6.07) is 0. The third-order valence-electron chi connectivity index (χ3n) is 6.10. The van der Waals surface area contributed by atoms with Crippen molar-refractivity contribution in [1.82, 2.24) is 9.97 Å². The van der Waals surface area contributed by atoms with Gasteiger partial charge in [-0.2, -0.15) is 0 Å². The average Bonchev–Trinajstić information content (AvgIpc) is 3.13. The number of hydrogen-bond donors (Lipinski definition) is 2. The number of nitrogen functional groups attached to an aromatic ring is 1. The molecule has 30 heavy (non-hydrogen) atoms. The van der Waals surface area contributed by atoms with Gasteiger partial charge in [-0.05, 0) is 0 Å². The molecule has 0 aliphatic heterocycles. The molecule has 0 aromatic carbocycles. The summed E-state index contributed by atoms with van der Waals surface area (Å²) in [6.45, 7) is 9.79. The maximum atomic E-state index is 9.79. The summed E-state index contributed by atoms with van der Waals surface area (Å²) >= 11 is -0.837. The van der Waals surface area contributed by atoms with Crippen LogP contribution in [0, 0.1) is 6.92 Å². The Morgan fingerprint density at radius 2 is 1.67 bits per heavy atom. The zero-order valence-corrected chi connectivity index (χ0v) is 23.1. The molecule has 2 aromatic rings. The van der Waals surface area contributed by atoms with Crippen molar-refractivity contribution in [2.24, 2.45) is 0 Å². The van der Waals surface area contributed by atoms with Gasteiger partial charge in [0.05, 0.1) is 0 Å². The summed E-state index contributed by atoms with van der Waals surface area (Å²) in [5.41, 5.74) is 9.53. The van der Waals surface area contributed by atoms with Gasteiger partial charge in [-0.1, -0.05) is 0 Å². The van der Waals surface area contributed by atoms with Crippen LogP contribution < -0.4 is 14.0 Å². The van der Waals surface area contributed by atoms with Crippen molar-refractivity contribution in [1.29, 1.82) is 0 Å². The minimum absolute atomic E-state index is 0.223. The van der Waals surface area contributed by atoms with Gasteiger partial charge in [0.2, 0.25) is 0 Å². The molecule has 2 heterocycles. The third-order valence-corrected chi connectivity index (χ3v) is 23.4. The Hall–Kier alpha value is -0.731. The molecule has 0 spiro atoms. The standard InChI is InChI=1S/C11H14N4OS.3C4H9.Sn/c1-8-13-4-9(11(12)14-8)5-15-6-10(2-3-16)17-7-15;3*1-3-4-2;/h4,7,16H,2-3,5H2,1H3,(H2,12,13,14);3*1,3-4H2,2H3;/q+1;;;;. The third kappa shape index (κ3) is 6.63. The molecule has 0 saturated carbocycles. The van der Waals surface area contributed by atoms with E-state index >= 15 is 0 Å². The summed E-state index contributed by atoms with van der Waals surface area (Å²) in [6.07, 6.45) is 10.4. The number of anilines is 1. The van der Waals surface area contributed by atoms with Crippen LogP contribution >= 0.6 is 11.3 Å². The number of aryl methyl sites for hydroxylation is 1. The molecular formula is C23H41N4OSSn+. The first-order valence-corrected chi connectivity index (χ1v) is 20.1. The fraction of sp³-hybridized carbons (Fsp3) is 0.696. The monoisotopic (exact) mass is 541 g/mol. The van der Waals surface area contributed by atoms with Crippen LogP contribution in [-0.4, -0.2) is 40.1 Å². The molecule has 0 amide bonds. The Morgan fingerprint density at radius 3 is 2.17 bits per heavy atom. The van der Waals surface area contributed by atoms with Gasteiger partial charge in [-0.15, -0.1) is 0 Å². The first-order valence-electron chi connectivity index (χ1n) is 11.7. The molecule has 0 radical (unpaired) electrons. The van der Waals surface area contributed by atoms with Gasteiger partial charge in [0.1, 0.15) is 0 Å². The van der Waals surface area contributed by atoms with E-state index in [1.807, 2.05) is 24.5 Å². The van der Waals surface area contributed by atoms with E-state index in [-0.39, 0.29) is 6.61 Å². The second-order valence-corrected chi connectivity index (χ2v) is 22.4. The second kappa shape index (κ2) is 13.0. The fourth-order valence-electron chi connectivity index (χ4n) is 4.49. The van der Waals surface area contributed by atoms with E-state index in [9.17, 15) is 5.11 Å². The normalized spacial score (nSPS) is 11.9. The molecule has 5 nitrogen and oxygen atoms in total. The molecule has 0 saturated heterocycles. The number of thiazole rings is 1. The molecule has 0 unspecified atom stereocenters. The Kier molecular flexibility index (Phi) is 11.0. The van der Waals surface area contributed by atoms with Crippen LogP contribution in [0.3, 0.4) is 0 Å². The molecule has 2 rings (SSSR count). The molecule has 0 fully saturated rings. The van der Waals surface area contributed by atoms with Crippen LogP contribution in [0.2, 0.25) is 13.3 Å². The maximum absolute atomic E-state index is 9.79. The minimum atomic E-state index is -2.67. The van der Waals surface area contributed by atoms with E-state index in [0.29, 0.717) is 5.82 Å². The zero-order valence-electron chi connectivity index (χ0n) is 19.4. The van der Waals surface area contributed by atoms with E-state index in [4.69, 9.17) is 5.73 Å². The van der Waals surface area contributed by atoms with Gasteiger partial charge in [0, 0.05) is 0 Å². The van der Waals surface area contributed by atoms with Crippen LogP contribution in [0.15, 0.2) is 11.7 Å². The summed E-state index contributed by atoms with van der Waals surface area (Å²) in [4.78, 5) is 10.2. The predicted molar refractivity (Wildman–Crippen MR) is 130 cm³/mol. The molecule has 0 aliphatic carbocycles. The molecule has 0 atom stereocenters. The molecule has 168 valence electrons. The van der Waals surface area contributed by atoms with Crippen molar-refractivity contribution in [3.8, 4) is 0 Å². The number of aliphatic hydroxyl groups excluding tert-OH is 1. The van der Waals surface area contributed by atoms with Crippen molar-refractivity contribution in [3.63, 3.8) is 0 Å². The molecule has 3 N–H and O–H groups in total. The number of rotatable bonds is 14. The molecule has 0 bridgehead atoms. The number of aliphatic hydroxyl groups is 1. The summed E-state index contributed by atoms with van der Waals surface area (Å²) < 4.78 is 8.37. The Morgan fingerprint density at radius 1 is 1.07 bits per heavy atom. The Bertz CT molecular complexity index is 759. The van der Waals surface area contributed by atoms with E-state index < -0.39 is 18.4 Å². The van der Waals surface area contributed by atoms with Crippen molar-refractivity contribution >= 4 is 39.2 Å². The first kappa shape index (κ1) is 25.5.